The summed E-state index contributed by atoms with van der Waals surface area (Å²) in [6.07, 6.45) is 3.46. The smallest absolute Gasteiger partial charge is 0.119 e. The maximum Gasteiger partial charge on any atom is 0.119 e. The summed E-state index contributed by atoms with van der Waals surface area (Å²) in [5.41, 5.74) is 0. The average molecular weight is 250 g/mol. The van der Waals surface area contributed by atoms with Crippen LogP contribution in [-0.4, -0.2) is 32.8 Å². The average Bonchev–Trinajstić information content (AvgIpc) is 2.42. The van der Waals surface area contributed by atoms with Crippen molar-refractivity contribution in [2.75, 3.05) is 32.8 Å². The van der Waals surface area contributed by atoms with Crippen LogP contribution in [0.5, 0.6) is 5.75 Å². The Labute approximate surface area is 111 Å². The minimum Gasteiger partial charge on any atom is -0.494 e. The normalized spacial score (nSPS) is 10.5. The van der Waals surface area contributed by atoms with Crippen LogP contribution < -0.4 is 15.4 Å². The largest absolute Gasteiger partial charge is 0.494 e. The summed E-state index contributed by atoms with van der Waals surface area (Å²) in [4.78, 5) is 0. The van der Waals surface area contributed by atoms with E-state index in [9.17, 15) is 0 Å². The van der Waals surface area contributed by atoms with Crippen molar-refractivity contribution >= 4 is 0 Å². The molecule has 3 nitrogen and oxygen atoms in total. The molecular formula is C15H26N2O. The minimum absolute atomic E-state index is 0.783. The van der Waals surface area contributed by atoms with E-state index in [0.29, 0.717) is 0 Å². The fourth-order valence-corrected chi connectivity index (χ4v) is 1.67. The van der Waals surface area contributed by atoms with E-state index in [0.717, 1.165) is 45.0 Å². The van der Waals surface area contributed by atoms with Gasteiger partial charge in [0.25, 0.3) is 0 Å². The molecule has 0 bridgehead atoms. The highest BCUT2D eigenvalue weighted by Crippen LogP contribution is 2.07. The summed E-state index contributed by atoms with van der Waals surface area (Å²) in [6.45, 7) is 7.33. The van der Waals surface area contributed by atoms with Gasteiger partial charge in [-0.05, 0) is 57.6 Å². The Hall–Kier alpha value is -1.06. The zero-order valence-corrected chi connectivity index (χ0v) is 11.5. The van der Waals surface area contributed by atoms with Crippen LogP contribution in [0.15, 0.2) is 30.3 Å². The molecule has 3 heteroatoms. The topological polar surface area (TPSA) is 33.3 Å². The van der Waals surface area contributed by atoms with Crippen molar-refractivity contribution in [3.8, 4) is 5.75 Å². The standard InChI is InChI=1S/C15H26N2O/c1-2-10-16-11-6-12-17-13-7-14-18-15-8-4-3-5-9-15/h3-5,8-9,16-17H,2,6-7,10-14H2,1H3. The van der Waals surface area contributed by atoms with Crippen LogP contribution in [0.25, 0.3) is 0 Å². The summed E-state index contributed by atoms with van der Waals surface area (Å²) in [5, 5.41) is 6.82. The molecule has 1 rings (SSSR count). The lowest BCUT2D eigenvalue weighted by Gasteiger charge is -2.07. The van der Waals surface area contributed by atoms with Gasteiger partial charge in [-0.15, -0.1) is 0 Å². The molecule has 0 aliphatic heterocycles. The van der Waals surface area contributed by atoms with Crippen LogP contribution in [0.1, 0.15) is 26.2 Å². The van der Waals surface area contributed by atoms with E-state index in [2.05, 4.69) is 17.6 Å². The van der Waals surface area contributed by atoms with Crippen molar-refractivity contribution in [2.24, 2.45) is 0 Å². The first-order valence-corrected chi connectivity index (χ1v) is 7.02. The third-order valence-corrected chi connectivity index (χ3v) is 2.64. The Balaban J connectivity index is 1.82. The Morgan fingerprint density at radius 1 is 0.889 bits per heavy atom. The van der Waals surface area contributed by atoms with Crippen LogP contribution in [-0.2, 0) is 0 Å². The van der Waals surface area contributed by atoms with Crippen molar-refractivity contribution in [3.05, 3.63) is 30.3 Å². The van der Waals surface area contributed by atoms with Crippen LogP contribution >= 0.6 is 0 Å². The number of rotatable bonds is 11. The molecule has 0 aliphatic carbocycles. The summed E-state index contributed by atoms with van der Waals surface area (Å²) in [7, 11) is 0. The van der Waals surface area contributed by atoms with Gasteiger partial charge in [0, 0.05) is 0 Å². The van der Waals surface area contributed by atoms with E-state index in [4.69, 9.17) is 4.74 Å². The minimum atomic E-state index is 0.783. The van der Waals surface area contributed by atoms with Gasteiger partial charge in [-0.1, -0.05) is 25.1 Å². The van der Waals surface area contributed by atoms with Gasteiger partial charge in [-0.2, -0.15) is 0 Å². The summed E-state index contributed by atoms with van der Waals surface area (Å²) < 4.78 is 5.61. The number of para-hydroxylation sites is 1. The molecule has 18 heavy (non-hydrogen) atoms. The summed E-state index contributed by atoms with van der Waals surface area (Å²) in [5.74, 6) is 0.960. The molecule has 102 valence electrons. The fraction of sp³-hybridized carbons (Fsp3) is 0.600. The predicted molar refractivity (Wildman–Crippen MR) is 77.2 cm³/mol. The van der Waals surface area contributed by atoms with Gasteiger partial charge in [0.15, 0.2) is 0 Å². The molecule has 0 unspecified atom stereocenters. The van der Waals surface area contributed by atoms with Crippen molar-refractivity contribution in [1.82, 2.24) is 10.6 Å². The second kappa shape index (κ2) is 11.1. The van der Waals surface area contributed by atoms with E-state index in [1.807, 2.05) is 30.3 Å². The molecule has 0 atom stereocenters. The Bertz CT molecular complexity index is 277. The van der Waals surface area contributed by atoms with Crippen LogP contribution in [0.4, 0.5) is 0 Å². The zero-order chi connectivity index (χ0) is 12.9. The first-order valence-electron chi connectivity index (χ1n) is 7.02. The lowest BCUT2D eigenvalue weighted by atomic mass is 10.3. The number of benzene rings is 1. The van der Waals surface area contributed by atoms with Crippen molar-refractivity contribution in [1.29, 1.82) is 0 Å². The molecule has 0 saturated carbocycles. The van der Waals surface area contributed by atoms with Gasteiger partial charge in [0.1, 0.15) is 5.75 Å². The molecule has 0 radical (unpaired) electrons. The van der Waals surface area contributed by atoms with E-state index < -0.39 is 0 Å². The van der Waals surface area contributed by atoms with E-state index >= 15 is 0 Å². The van der Waals surface area contributed by atoms with Crippen molar-refractivity contribution in [2.45, 2.75) is 26.2 Å². The number of ether oxygens (including phenoxy) is 1. The molecule has 1 aromatic rings. The summed E-state index contributed by atoms with van der Waals surface area (Å²) in [6, 6.07) is 9.98. The second-order valence-electron chi connectivity index (χ2n) is 4.37. The maximum absolute atomic E-state index is 5.61. The van der Waals surface area contributed by atoms with Crippen molar-refractivity contribution < 1.29 is 4.74 Å². The van der Waals surface area contributed by atoms with E-state index in [-0.39, 0.29) is 0 Å². The number of hydrogen-bond donors (Lipinski definition) is 2. The van der Waals surface area contributed by atoms with Gasteiger partial charge in [-0.25, -0.2) is 0 Å². The monoisotopic (exact) mass is 250 g/mol. The van der Waals surface area contributed by atoms with Gasteiger partial charge in [0.05, 0.1) is 6.61 Å². The number of nitrogens with one attached hydrogen (secondary N) is 2. The molecule has 0 amide bonds. The van der Waals surface area contributed by atoms with Crippen LogP contribution in [0, 0.1) is 0 Å². The van der Waals surface area contributed by atoms with Crippen LogP contribution in [0.2, 0.25) is 0 Å². The Morgan fingerprint density at radius 3 is 2.28 bits per heavy atom. The molecule has 2 N–H and O–H groups in total. The Kier molecular flexibility index (Phi) is 9.21. The second-order valence-corrected chi connectivity index (χ2v) is 4.37. The molecular weight excluding hydrogens is 224 g/mol. The van der Waals surface area contributed by atoms with Gasteiger partial charge in [0.2, 0.25) is 0 Å². The van der Waals surface area contributed by atoms with Gasteiger partial charge in [-0.3, -0.25) is 0 Å². The van der Waals surface area contributed by atoms with E-state index in [1.54, 1.807) is 0 Å². The summed E-state index contributed by atoms with van der Waals surface area (Å²) >= 11 is 0. The third kappa shape index (κ3) is 8.09. The highest BCUT2D eigenvalue weighted by atomic mass is 16.5. The third-order valence-electron chi connectivity index (χ3n) is 2.64. The molecule has 0 fully saturated rings. The molecule has 0 spiro atoms. The van der Waals surface area contributed by atoms with Gasteiger partial charge < -0.3 is 15.4 Å². The van der Waals surface area contributed by atoms with Gasteiger partial charge >= 0.3 is 0 Å². The van der Waals surface area contributed by atoms with E-state index in [1.165, 1.54) is 12.8 Å². The lowest BCUT2D eigenvalue weighted by molar-refractivity contribution is 0.308. The SMILES string of the molecule is CCCNCCCNCCCOc1ccccc1. The highest BCUT2D eigenvalue weighted by Gasteiger charge is 1.92. The maximum atomic E-state index is 5.61. The van der Waals surface area contributed by atoms with Crippen molar-refractivity contribution in [3.63, 3.8) is 0 Å². The lowest BCUT2D eigenvalue weighted by Crippen LogP contribution is -2.23. The number of hydrogen-bond acceptors (Lipinski definition) is 3. The highest BCUT2D eigenvalue weighted by molar-refractivity contribution is 5.20. The predicted octanol–water partition coefficient (Wildman–Crippen LogP) is 2.43. The molecule has 0 heterocycles. The molecule has 0 aromatic heterocycles. The Morgan fingerprint density at radius 2 is 1.56 bits per heavy atom. The zero-order valence-electron chi connectivity index (χ0n) is 11.5. The molecule has 1 aromatic carbocycles. The first-order chi connectivity index (χ1) is 8.93. The first kappa shape index (κ1) is 15.0. The fourth-order valence-electron chi connectivity index (χ4n) is 1.67. The quantitative estimate of drug-likeness (QED) is 0.592. The molecule has 0 saturated heterocycles. The molecule has 0 aliphatic rings. The van der Waals surface area contributed by atoms with Crippen LogP contribution in [0.3, 0.4) is 0 Å².